The Labute approximate surface area is 177 Å². The van der Waals surface area contributed by atoms with E-state index in [2.05, 4.69) is 35.9 Å². The Hall–Kier alpha value is -3.59. The lowest BCUT2D eigenvalue weighted by Crippen LogP contribution is -2.19. The molecule has 0 spiro atoms. The fraction of sp³-hybridized carbons (Fsp3) is 0.190. The molecule has 152 valence electrons. The molecule has 8 nitrogen and oxygen atoms in total. The lowest BCUT2D eigenvalue weighted by atomic mass is 10.1. The molecule has 0 saturated heterocycles. The van der Waals surface area contributed by atoms with Gasteiger partial charge in [0.2, 0.25) is 0 Å². The normalized spacial score (nSPS) is 10.7. The topological polar surface area (TPSA) is 102 Å². The molecule has 0 fully saturated rings. The highest BCUT2D eigenvalue weighted by molar-refractivity contribution is 7.17. The molecule has 30 heavy (non-hydrogen) atoms. The minimum Gasteiger partial charge on any atom is -0.492 e. The molecule has 4 aromatic rings. The molecule has 1 amide bonds. The van der Waals surface area contributed by atoms with Gasteiger partial charge in [0.05, 0.1) is 18.2 Å². The van der Waals surface area contributed by atoms with E-state index in [9.17, 15) is 4.79 Å². The molecule has 0 bridgehead atoms. The van der Waals surface area contributed by atoms with Crippen molar-refractivity contribution in [2.75, 3.05) is 25.5 Å². The van der Waals surface area contributed by atoms with Gasteiger partial charge in [0.1, 0.15) is 28.4 Å². The summed E-state index contributed by atoms with van der Waals surface area (Å²) in [7, 11) is 1.57. The summed E-state index contributed by atoms with van der Waals surface area (Å²) < 4.78 is 5.70. The lowest BCUT2D eigenvalue weighted by molar-refractivity contribution is 0.0958. The van der Waals surface area contributed by atoms with E-state index in [1.807, 2.05) is 18.3 Å². The van der Waals surface area contributed by atoms with Gasteiger partial charge in [0.15, 0.2) is 0 Å². The molecule has 0 aliphatic heterocycles. The van der Waals surface area contributed by atoms with E-state index in [0.717, 1.165) is 33.6 Å². The Balaban J connectivity index is 1.35. The summed E-state index contributed by atoms with van der Waals surface area (Å²) in [5.74, 6) is 1.21. The minimum absolute atomic E-state index is 0.221. The number of aromatic nitrogens is 4. The summed E-state index contributed by atoms with van der Waals surface area (Å²) in [5.41, 5.74) is 2.47. The first-order valence-corrected chi connectivity index (χ1v) is 10.3. The number of anilines is 1. The standard InChI is InChI=1S/C21H20N6O2S/c1-22-20(28)17-6-5-15(11-25-17)29-9-3-8-24-19-18-16(14-4-2-7-23-10-14)12-30-21(18)27-13-26-19/h2,4-7,10-13H,3,8-9H2,1H3,(H,22,28)(H,24,26,27). The highest BCUT2D eigenvalue weighted by atomic mass is 32.1. The summed E-state index contributed by atoms with van der Waals surface area (Å²) in [6, 6.07) is 7.33. The quantitative estimate of drug-likeness (QED) is 0.421. The number of hydrogen-bond acceptors (Lipinski definition) is 8. The zero-order valence-corrected chi connectivity index (χ0v) is 17.1. The first-order valence-electron chi connectivity index (χ1n) is 9.43. The Morgan fingerprint density at radius 3 is 2.87 bits per heavy atom. The number of amides is 1. The number of fused-ring (bicyclic) bond motifs is 1. The van der Waals surface area contributed by atoms with Gasteiger partial charge >= 0.3 is 0 Å². The van der Waals surface area contributed by atoms with E-state index in [-0.39, 0.29) is 5.91 Å². The van der Waals surface area contributed by atoms with Crippen LogP contribution in [0.15, 0.2) is 54.6 Å². The second-order valence-electron chi connectivity index (χ2n) is 6.38. The number of carbonyl (C=O) groups excluding carboxylic acids is 1. The third-order valence-electron chi connectivity index (χ3n) is 4.42. The monoisotopic (exact) mass is 420 g/mol. The molecule has 0 aliphatic rings. The molecule has 0 atom stereocenters. The van der Waals surface area contributed by atoms with Gasteiger partial charge in [-0.3, -0.25) is 9.78 Å². The van der Waals surface area contributed by atoms with E-state index in [1.54, 1.807) is 49.2 Å². The van der Waals surface area contributed by atoms with Crippen molar-refractivity contribution in [2.24, 2.45) is 0 Å². The second kappa shape index (κ2) is 9.27. The number of nitrogens with one attached hydrogen (secondary N) is 2. The predicted octanol–water partition coefficient (Wildman–Crippen LogP) is 3.39. The maximum atomic E-state index is 11.5. The maximum Gasteiger partial charge on any atom is 0.269 e. The Morgan fingerprint density at radius 1 is 1.17 bits per heavy atom. The number of rotatable bonds is 8. The van der Waals surface area contributed by atoms with Gasteiger partial charge in [-0.2, -0.15) is 0 Å². The van der Waals surface area contributed by atoms with Crippen LogP contribution in [-0.2, 0) is 0 Å². The minimum atomic E-state index is -0.221. The van der Waals surface area contributed by atoms with Crippen LogP contribution in [0.4, 0.5) is 5.82 Å². The molecule has 4 aromatic heterocycles. The molecule has 0 unspecified atom stereocenters. The van der Waals surface area contributed by atoms with Crippen molar-refractivity contribution < 1.29 is 9.53 Å². The van der Waals surface area contributed by atoms with Crippen molar-refractivity contribution in [2.45, 2.75) is 6.42 Å². The molecule has 0 radical (unpaired) electrons. The lowest BCUT2D eigenvalue weighted by Gasteiger charge is -2.09. The highest BCUT2D eigenvalue weighted by Crippen LogP contribution is 2.35. The summed E-state index contributed by atoms with van der Waals surface area (Å²) in [6.45, 7) is 1.21. The summed E-state index contributed by atoms with van der Waals surface area (Å²) in [5, 5.41) is 9.01. The number of thiophene rings is 1. The van der Waals surface area contributed by atoms with Crippen LogP contribution >= 0.6 is 11.3 Å². The van der Waals surface area contributed by atoms with Crippen molar-refractivity contribution in [1.29, 1.82) is 0 Å². The van der Waals surface area contributed by atoms with Gasteiger partial charge in [0.25, 0.3) is 5.91 Å². The smallest absolute Gasteiger partial charge is 0.269 e. The van der Waals surface area contributed by atoms with Crippen molar-refractivity contribution >= 4 is 33.3 Å². The van der Waals surface area contributed by atoms with Crippen LogP contribution in [0, 0.1) is 0 Å². The van der Waals surface area contributed by atoms with Crippen molar-refractivity contribution in [3.05, 3.63) is 60.3 Å². The predicted molar refractivity (Wildman–Crippen MR) is 117 cm³/mol. The SMILES string of the molecule is CNC(=O)c1ccc(OCCCNc2ncnc3scc(-c4cccnc4)c23)cn1. The van der Waals surface area contributed by atoms with Crippen LogP contribution in [0.3, 0.4) is 0 Å². The molecule has 9 heteroatoms. The van der Waals surface area contributed by atoms with Gasteiger partial charge in [0, 0.05) is 42.5 Å². The molecule has 4 rings (SSSR count). The number of hydrogen-bond donors (Lipinski definition) is 2. The number of ether oxygens (including phenoxy) is 1. The third kappa shape index (κ3) is 4.36. The van der Waals surface area contributed by atoms with Crippen LogP contribution in [0.1, 0.15) is 16.9 Å². The van der Waals surface area contributed by atoms with Crippen molar-refractivity contribution in [1.82, 2.24) is 25.3 Å². The molecule has 0 aliphatic carbocycles. The summed E-state index contributed by atoms with van der Waals surface area (Å²) in [4.78, 5) is 29.6. The summed E-state index contributed by atoms with van der Waals surface area (Å²) in [6.07, 6.45) is 7.50. The summed E-state index contributed by atoms with van der Waals surface area (Å²) >= 11 is 1.59. The molecular weight excluding hydrogens is 400 g/mol. The van der Waals surface area contributed by atoms with Gasteiger partial charge in [-0.05, 0) is 24.6 Å². The van der Waals surface area contributed by atoms with E-state index in [4.69, 9.17) is 4.74 Å². The van der Waals surface area contributed by atoms with Gasteiger partial charge < -0.3 is 15.4 Å². The average Bonchev–Trinajstić information content (AvgIpc) is 3.24. The number of carbonyl (C=O) groups is 1. The molecule has 0 saturated carbocycles. The number of pyridine rings is 2. The van der Waals surface area contributed by atoms with Crippen LogP contribution in [-0.4, -0.2) is 46.0 Å². The van der Waals surface area contributed by atoms with Gasteiger partial charge in [-0.25, -0.2) is 15.0 Å². The fourth-order valence-electron chi connectivity index (χ4n) is 2.94. The van der Waals surface area contributed by atoms with Crippen molar-refractivity contribution in [3.8, 4) is 16.9 Å². The van der Waals surface area contributed by atoms with Gasteiger partial charge in [-0.15, -0.1) is 11.3 Å². The highest BCUT2D eigenvalue weighted by Gasteiger charge is 2.13. The zero-order valence-electron chi connectivity index (χ0n) is 16.3. The largest absolute Gasteiger partial charge is 0.492 e. The van der Waals surface area contributed by atoms with E-state index >= 15 is 0 Å². The molecular formula is C21H20N6O2S. The van der Waals surface area contributed by atoms with E-state index < -0.39 is 0 Å². The molecule has 4 heterocycles. The fourth-order valence-corrected chi connectivity index (χ4v) is 3.86. The zero-order chi connectivity index (χ0) is 20.8. The maximum absolute atomic E-state index is 11.5. The number of nitrogens with zero attached hydrogens (tertiary/aromatic N) is 4. The Morgan fingerprint density at radius 2 is 2.10 bits per heavy atom. The van der Waals surface area contributed by atoms with E-state index in [0.29, 0.717) is 24.6 Å². The first-order chi connectivity index (χ1) is 14.8. The van der Waals surface area contributed by atoms with Crippen LogP contribution < -0.4 is 15.4 Å². The van der Waals surface area contributed by atoms with Gasteiger partial charge in [-0.1, -0.05) is 6.07 Å². The first kappa shape index (κ1) is 19.7. The molecule has 2 N–H and O–H groups in total. The van der Waals surface area contributed by atoms with Crippen molar-refractivity contribution in [3.63, 3.8) is 0 Å². The molecule has 0 aromatic carbocycles. The van der Waals surface area contributed by atoms with Crippen LogP contribution in [0.5, 0.6) is 5.75 Å². The van der Waals surface area contributed by atoms with E-state index in [1.165, 1.54) is 0 Å². The van der Waals surface area contributed by atoms with Crippen LogP contribution in [0.25, 0.3) is 21.3 Å². The average molecular weight is 420 g/mol. The Kier molecular flexibility index (Phi) is 6.09. The third-order valence-corrected chi connectivity index (χ3v) is 5.31. The van der Waals surface area contributed by atoms with Crippen LogP contribution in [0.2, 0.25) is 0 Å². The second-order valence-corrected chi connectivity index (χ2v) is 7.24. The Bertz CT molecular complexity index is 1130.